The summed E-state index contributed by atoms with van der Waals surface area (Å²) in [6, 6.07) is 10.6. The first-order valence-electron chi connectivity index (χ1n) is 8.99. The Morgan fingerprint density at radius 2 is 2.08 bits per heavy atom. The Morgan fingerprint density at radius 1 is 1.24 bits per heavy atom. The number of thiophene rings is 1. The number of benzene rings is 1. The van der Waals surface area contributed by atoms with Crippen molar-refractivity contribution in [3.8, 4) is 5.75 Å². The van der Waals surface area contributed by atoms with Crippen LogP contribution in [0.1, 0.15) is 33.6 Å². The molecule has 1 aromatic heterocycles. The second kappa shape index (κ2) is 7.18. The zero-order valence-corrected chi connectivity index (χ0v) is 15.4. The number of nitrogens with zero attached hydrogens (tertiary/aromatic N) is 2. The fourth-order valence-corrected chi connectivity index (χ4v) is 4.56. The Bertz CT molecular complexity index is 740. The minimum Gasteiger partial charge on any atom is -0.489 e. The van der Waals surface area contributed by atoms with Gasteiger partial charge in [-0.2, -0.15) is 0 Å². The molecule has 3 heterocycles. The van der Waals surface area contributed by atoms with Crippen molar-refractivity contribution >= 4 is 17.2 Å². The number of hydrogen-bond acceptors (Lipinski definition) is 4. The third-order valence-electron chi connectivity index (χ3n) is 5.17. The monoisotopic (exact) mass is 356 g/mol. The van der Waals surface area contributed by atoms with E-state index < -0.39 is 0 Å². The molecule has 2 fully saturated rings. The number of fused-ring (bicyclic) bond motifs is 1. The second-order valence-corrected chi connectivity index (χ2v) is 7.92. The van der Waals surface area contributed by atoms with Crippen molar-refractivity contribution in [1.29, 1.82) is 0 Å². The van der Waals surface area contributed by atoms with Gasteiger partial charge < -0.3 is 9.64 Å². The van der Waals surface area contributed by atoms with Crippen LogP contribution in [-0.2, 0) is 6.61 Å². The van der Waals surface area contributed by atoms with E-state index in [2.05, 4.69) is 11.8 Å². The van der Waals surface area contributed by atoms with Gasteiger partial charge in [-0.3, -0.25) is 9.69 Å². The summed E-state index contributed by atoms with van der Waals surface area (Å²) >= 11 is 1.53. The summed E-state index contributed by atoms with van der Waals surface area (Å²) in [6.07, 6.45) is 2.50. The molecule has 4 rings (SSSR count). The van der Waals surface area contributed by atoms with Gasteiger partial charge in [0.1, 0.15) is 12.4 Å². The van der Waals surface area contributed by atoms with E-state index in [1.165, 1.54) is 36.3 Å². The molecule has 0 saturated carbocycles. The Balaban J connectivity index is 1.35. The largest absolute Gasteiger partial charge is 0.489 e. The average molecular weight is 356 g/mol. The Morgan fingerprint density at radius 3 is 2.92 bits per heavy atom. The van der Waals surface area contributed by atoms with E-state index in [4.69, 9.17) is 4.74 Å². The normalized spacial score (nSPS) is 20.5. The van der Waals surface area contributed by atoms with Gasteiger partial charge in [-0.05, 0) is 49.9 Å². The van der Waals surface area contributed by atoms with Gasteiger partial charge in [0.25, 0.3) is 5.91 Å². The molecule has 4 nitrogen and oxygen atoms in total. The van der Waals surface area contributed by atoms with Gasteiger partial charge in [0.2, 0.25) is 0 Å². The van der Waals surface area contributed by atoms with Gasteiger partial charge in [0.05, 0.1) is 4.88 Å². The molecule has 25 heavy (non-hydrogen) atoms. The third kappa shape index (κ3) is 3.72. The van der Waals surface area contributed by atoms with Crippen LogP contribution in [0, 0.1) is 6.92 Å². The molecule has 5 heteroatoms. The molecule has 1 unspecified atom stereocenters. The van der Waals surface area contributed by atoms with Crippen LogP contribution < -0.4 is 4.74 Å². The SMILES string of the molecule is Cc1ccc(OCc2csc(C(=O)N3CCN4CCCC4C3)c2)cc1. The fraction of sp³-hybridized carbons (Fsp3) is 0.450. The number of hydrogen-bond donors (Lipinski definition) is 0. The van der Waals surface area contributed by atoms with Crippen LogP contribution >= 0.6 is 11.3 Å². The highest BCUT2D eigenvalue weighted by Crippen LogP contribution is 2.25. The summed E-state index contributed by atoms with van der Waals surface area (Å²) in [5.41, 5.74) is 2.28. The lowest BCUT2D eigenvalue weighted by atomic mass is 10.1. The summed E-state index contributed by atoms with van der Waals surface area (Å²) in [5, 5.41) is 2.03. The smallest absolute Gasteiger partial charge is 0.264 e. The lowest BCUT2D eigenvalue weighted by Gasteiger charge is -2.37. The molecular weight excluding hydrogens is 332 g/mol. The molecule has 0 radical (unpaired) electrons. The number of ether oxygens (including phenoxy) is 1. The van der Waals surface area contributed by atoms with E-state index in [1.807, 2.05) is 40.6 Å². The average Bonchev–Trinajstić information content (AvgIpc) is 3.29. The maximum atomic E-state index is 12.8. The van der Waals surface area contributed by atoms with Crippen molar-refractivity contribution < 1.29 is 9.53 Å². The molecule has 1 aromatic carbocycles. The number of carbonyl (C=O) groups excluding carboxylic acids is 1. The first-order valence-corrected chi connectivity index (χ1v) is 9.87. The number of rotatable bonds is 4. The van der Waals surface area contributed by atoms with Crippen molar-refractivity contribution in [3.05, 3.63) is 51.7 Å². The Hall–Kier alpha value is -1.85. The molecule has 0 spiro atoms. The molecule has 2 saturated heterocycles. The van der Waals surface area contributed by atoms with E-state index in [-0.39, 0.29) is 5.91 Å². The van der Waals surface area contributed by atoms with E-state index in [1.54, 1.807) is 0 Å². The number of amides is 1. The minimum atomic E-state index is 0.179. The van der Waals surface area contributed by atoms with Crippen LogP contribution in [0.4, 0.5) is 0 Å². The highest BCUT2D eigenvalue weighted by molar-refractivity contribution is 7.12. The van der Waals surface area contributed by atoms with Crippen LogP contribution in [0.15, 0.2) is 35.7 Å². The quantitative estimate of drug-likeness (QED) is 0.840. The van der Waals surface area contributed by atoms with Gasteiger partial charge in [0.15, 0.2) is 0 Å². The fourth-order valence-electron chi connectivity index (χ4n) is 3.70. The molecular formula is C20H24N2O2S. The number of piperazine rings is 1. The lowest BCUT2D eigenvalue weighted by Crippen LogP contribution is -2.51. The molecule has 2 aliphatic heterocycles. The molecule has 2 aliphatic rings. The highest BCUT2D eigenvalue weighted by Gasteiger charge is 2.33. The third-order valence-corrected chi connectivity index (χ3v) is 6.13. The highest BCUT2D eigenvalue weighted by atomic mass is 32.1. The maximum absolute atomic E-state index is 12.8. The molecule has 0 bridgehead atoms. The van der Waals surface area contributed by atoms with E-state index >= 15 is 0 Å². The molecule has 1 amide bonds. The Labute approximate surface area is 153 Å². The minimum absolute atomic E-state index is 0.179. The second-order valence-electron chi connectivity index (χ2n) is 7.00. The van der Waals surface area contributed by atoms with Crippen molar-refractivity contribution in [2.75, 3.05) is 26.2 Å². The maximum Gasteiger partial charge on any atom is 0.264 e. The van der Waals surface area contributed by atoms with Gasteiger partial charge in [-0.25, -0.2) is 0 Å². The first-order chi connectivity index (χ1) is 12.2. The summed E-state index contributed by atoms with van der Waals surface area (Å²) in [7, 11) is 0. The molecule has 132 valence electrons. The zero-order valence-electron chi connectivity index (χ0n) is 14.6. The molecule has 0 aliphatic carbocycles. The Kier molecular flexibility index (Phi) is 4.77. The van der Waals surface area contributed by atoms with E-state index in [0.29, 0.717) is 12.6 Å². The van der Waals surface area contributed by atoms with Crippen molar-refractivity contribution in [3.63, 3.8) is 0 Å². The van der Waals surface area contributed by atoms with Gasteiger partial charge in [-0.1, -0.05) is 17.7 Å². The summed E-state index contributed by atoms with van der Waals surface area (Å²) < 4.78 is 5.82. The van der Waals surface area contributed by atoms with Gasteiger partial charge in [0, 0.05) is 31.2 Å². The topological polar surface area (TPSA) is 32.8 Å². The van der Waals surface area contributed by atoms with Crippen molar-refractivity contribution in [2.45, 2.75) is 32.4 Å². The van der Waals surface area contributed by atoms with Crippen LogP contribution in [-0.4, -0.2) is 47.9 Å². The zero-order chi connectivity index (χ0) is 17.2. The summed E-state index contributed by atoms with van der Waals surface area (Å²) in [5.74, 6) is 1.04. The lowest BCUT2D eigenvalue weighted by molar-refractivity contribution is 0.0576. The molecule has 1 atom stereocenters. The van der Waals surface area contributed by atoms with Crippen LogP contribution in [0.5, 0.6) is 5.75 Å². The van der Waals surface area contributed by atoms with Crippen LogP contribution in [0.25, 0.3) is 0 Å². The molecule has 0 N–H and O–H groups in total. The summed E-state index contributed by atoms with van der Waals surface area (Å²) in [4.78, 5) is 18.2. The van der Waals surface area contributed by atoms with Crippen LogP contribution in [0.3, 0.4) is 0 Å². The predicted molar refractivity (Wildman–Crippen MR) is 100 cm³/mol. The number of aryl methyl sites for hydroxylation is 1. The molecule has 2 aromatic rings. The van der Waals surface area contributed by atoms with E-state index in [9.17, 15) is 4.79 Å². The summed E-state index contributed by atoms with van der Waals surface area (Å²) in [6.45, 7) is 6.51. The van der Waals surface area contributed by atoms with Gasteiger partial charge >= 0.3 is 0 Å². The van der Waals surface area contributed by atoms with E-state index in [0.717, 1.165) is 35.8 Å². The standard InChI is InChI=1S/C20H24N2O2S/c1-15-4-6-18(7-5-15)24-13-16-11-19(25-14-16)20(23)22-10-9-21-8-2-3-17(21)12-22/h4-7,11,14,17H,2-3,8-10,12-13H2,1H3. The van der Waals surface area contributed by atoms with Crippen LogP contribution in [0.2, 0.25) is 0 Å². The van der Waals surface area contributed by atoms with Crippen molar-refractivity contribution in [2.24, 2.45) is 0 Å². The first kappa shape index (κ1) is 16.6. The predicted octanol–water partition coefficient (Wildman–Crippen LogP) is 3.56. The number of carbonyl (C=O) groups is 1. The van der Waals surface area contributed by atoms with Gasteiger partial charge in [-0.15, -0.1) is 11.3 Å². The van der Waals surface area contributed by atoms with Crippen molar-refractivity contribution in [1.82, 2.24) is 9.80 Å².